The van der Waals surface area contributed by atoms with E-state index in [1.807, 2.05) is 0 Å². The van der Waals surface area contributed by atoms with Crippen molar-refractivity contribution in [2.75, 3.05) is 26.2 Å². The third kappa shape index (κ3) is 2.76. The number of rotatable bonds is 4. The van der Waals surface area contributed by atoms with E-state index in [0.717, 1.165) is 0 Å². The molecular formula is C10H22N2. The first-order valence-corrected chi connectivity index (χ1v) is 5.38. The highest BCUT2D eigenvalue weighted by atomic mass is 15.6. The minimum atomic E-state index is 1.17. The Morgan fingerprint density at radius 3 is 2.25 bits per heavy atom. The summed E-state index contributed by atoms with van der Waals surface area (Å²) in [7, 11) is 0. The van der Waals surface area contributed by atoms with Crippen molar-refractivity contribution in [3.8, 4) is 0 Å². The second-order valence-corrected chi connectivity index (χ2v) is 3.56. The van der Waals surface area contributed by atoms with Gasteiger partial charge in [-0.25, -0.2) is 10.0 Å². The van der Waals surface area contributed by atoms with Gasteiger partial charge in [0.05, 0.1) is 0 Å². The van der Waals surface area contributed by atoms with Gasteiger partial charge in [0.2, 0.25) is 0 Å². The van der Waals surface area contributed by atoms with Gasteiger partial charge in [-0.2, -0.15) is 0 Å². The van der Waals surface area contributed by atoms with Gasteiger partial charge in [0.25, 0.3) is 0 Å². The van der Waals surface area contributed by atoms with Gasteiger partial charge in [0, 0.05) is 26.2 Å². The van der Waals surface area contributed by atoms with Gasteiger partial charge in [0.15, 0.2) is 0 Å². The van der Waals surface area contributed by atoms with Crippen LogP contribution in [-0.2, 0) is 0 Å². The molecular weight excluding hydrogens is 148 g/mol. The maximum atomic E-state index is 2.53. The maximum absolute atomic E-state index is 2.53. The standard InChI is InChI=1S/C10H22N2/c1-3-8-11(4-2)12-9-6-5-7-10-12/h3-10H2,1-2H3. The van der Waals surface area contributed by atoms with Crippen LogP contribution in [0, 0.1) is 0 Å². The average molecular weight is 170 g/mol. The quantitative estimate of drug-likeness (QED) is 0.637. The van der Waals surface area contributed by atoms with Crippen LogP contribution in [0.4, 0.5) is 0 Å². The van der Waals surface area contributed by atoms with E-state index in [1.165, 1.54) is 51.9 Å². The van der Waals surface area contributed by atoms with Gasteiger partial charge in [-0.3, -0.25) is 0 Å². The molecule has 0 aromatic carbocycles. The summed E-state index contributed by atoms with van der Waals surface area (Å²) in [5.41, 5.74) is 0. The predicted octanol–water partition coefficient (Wildman–Crippen LogP) is 2.12. The predicted molar refractivity (Wildman–Crippen MR) is 53.0 cm³/mol. The van der Waals surface area contributed by atoms with Crippen LogP contribution >= 0.6 is 0 Å². The molecule has 1 rings (SSSR count). The fourth-order valence-electron chi connectivity index (χ4n) is 1.92. The van der Waals surface area contributed by atoms with Crippen molar-refractivity contribution in [3.05, 3.63) is 0 Å². The molecule has 2 heteroatoms. The van der Waals surface area contributed by atoms with Gasteiger partial charge in [-0.05, 0) is 19.3 Å². The summed E-state index contributed by atoms with van der Waals surface area (Å²) >= 11 is 0. The number of piperidine rings is 1. The maximum Gasteiger partial charge on any atom is 0.0133 e. The van der Waals surface area contributed by atoms with E-state index in [0.29, 0.717) is 0 Å². The molecule has 0 radical (unpaired) electrons. The van der Waals surface area contributed by atoms with E-state index >= 15 is 0 Å². The van der Waals surface area contributed by atoms with Crippen molar-refractivity contribution in [1.29, 1.82) is 0 Å². The summed E-state index contributed by atoms with van der Waals surface area (Å²) in [4.78, 5) is 0. The molecule has 0 unspecified atom stereocenters. The van der Waals surface area contributed by atoms with E-state index in [1.54, 1.807) is 0 Å². The Hall–Kier alpha value is -0.0800. The topological polar surface area (TPSA) is 6.48 Å². The molecule has 0 atom stereocenters. The van der Waals surface area contributed by atoms with Crippen molar-refractivity contribution >= 4 is 0 Å². The van der Waals surface area contributed by atoms with E-state index in [4.69, 9.17) is 0 Å². The van der Waals surface area contributed by atoms with Gasteiger partial charge in [0.1, 0.15) is 0 Å². The van der Waals surface area contributed by atoms with Crippen molar-refractivity contribution in [2.24, 2.45) is 0 Å². The first kappa shape index (κ1) is 10.0. The summed E-state index contributed by atoms with van der Waals surface area (Å²) in [6.07, 6.45) is 5.48. The SMILES string of the molecule is CCCN(CC)N1CCCCC1. The monoisotopic (exact) mass is 170 g/mol. The molecule has 1 fully saturated rings. The second kappa shape index (κ2) is 5.55. The molecule has 0 spiro atoms. The Morgan fingerprint density at radius 1 is 1.08 bits per heavy atom. The summed E-state index contributed by atoms with van der Waals surface area (Å²) in [5, 5.41) is 5.03. The molecule has 0 aliphatic carbocycles. The van der Waals surface area contributed by atoms with Crippen LogP contribution in [0.15, 0.2) is 0 Å². The van der Waals surface area contributed by atoms with Gasteiger partial charge in [-0.15, -0.1) is 0 Å². The zero-order valence-corrected chi connectivity index (χ0v) is 8.55. The molecule has 0 saturated carbocycles. The summed E-state index contributed by atoms with van der Waals surface area (Å²) < 4.78 is 0. The van der Waals surface area contributed by atoms with Crippen LogP contribution < -0.4 is 0 Å². The average Bonchev–Trinajstić information content (AvgIpc) is 2.15. The molecule has 0 N–H and O–H groups in total. The summed E-state index contributed by atoms with van der Waals surface area (Å²) in [6.45, 7) is 9.49. The van der Waals surface area contributed by atoms with Crippen molar-refractivity contribution < 1.29 is 0 Å². The number of hydrazine groups is 1. The van der Waals surface area contributed by atoms with Crippen LogP contribution in [-0.4, -0.2) is 36.2 Å². The smallest absolute Gasteiger partial charge is 0.0133 e. The molecule has 12 heavy (non-hydrogen) atoms. The fraction of sp³-hybridized carbons (Fsp3) is 1.00. The van der Waals surface area contributed by atoms with E-state index < -0.39 is 0 Å². The Labute approximate surface area is 76.5 Å². The lowest BCUT2D eigenvalue weighted by atomic mass is 10.2. The molecule has 0 bridgehead atoms. The molecule has 1 aliphatic rings. The molecule has 1 saturated heterocycles. The number of nitrogens with zero attached hydrogens (tertiary/aromatic N) is 2. The molecule has 0 aromatic heterocycles. The lowest BCUT2D eigenvalue weighted by molar-refractivity contribution is -0.0350. The molecule has 0 amide bonds. The largest absolute Gasteiger partial charge is 0.242 e. The Morgan fingerprint density at radius 2 is 1.75 bits per heavy atom. The van der Waals surface area contributed by atoms with Gasteiger partial charge >= 0.3 is 0 Å². The first-order chi connectivity index (χ1) is 5.88. The minimum absolute atomic E-state index is 1.17. The molecule has 1 heterocycles. The third-order valence-corrected chi connectivity index (χ3v) is 2.58. The fourth-order valence-corrected chi connectivity index (χ4v) is 1.92. The summed E-state index contributed by atoms with van der Waals surface area (Å²) in [6, 6.07) is 0. The highest BCUT2D eigenvalue weighted by Crippen LogP contribution is 2.11. The Bertz CT molecular complexity index is 106. The number of hydrogen-bond acceptors (Lipinski definition) is 2. The molecule has 2 nitrogen and oxygen atoms in total. The lowest BCUT2D eigenvalue weighted by Crippen LogP contribution is -2.45. The van der Waals surface area contributed by atoms with E-state index in [2.05, 4.69) is 23.9 Å². The van der Waals surface area contributed by atoms with Crippen molar-refractivity contribution in [3.63, 3.8) is 0 Å². The van der Waals surface area contributed by atoms with Crippen LogP contribution in [0.3, 0.4) is 0 Å². The zero-order chi connectivity index (χ0) is 8.81. The van der Waals surface area contributed by atoms with Crippen molar-refractivity contribution in [2.45, 2.75) is 39.5 Å². The van der Waals surface area contributed by atoms with Crippen molar-refractivity contribution in [1.82, 2.24) is 10.0 Å². The third-order valence-electron chi connectivity index (χ3n) is 2.58. The molecule has 0 aromatic rings. The van der Waals surface area contributed by atoms with Gasteiger partial charge in [-0.1, -0.05) is 20.3 Å². The molecule has 1 aliphatic heterocycles. The van der Waals surface area contributed by atoms with Crippen LogP contribution in [0.2, 0.25) is 0 Å². The van der Waals surface area contributed by atoms with E-state index in [9.17, 15) is 0 Å². The number of hydrogen-bond donors (Lipinski definition) is 0. The van der Waals surface area contributed by atoms with Crippen LogP contribution in [0.5, 0.6) is 0 Å². The minimum Gasteiger partial charge on any atom is -0.242 e. The zero-order valence-electron chi connectivity index (χ0n) is 8.55. The Kier molecular flexibility index (Phi) is 4.62. The molecule has 72 valence electrons. The van der Waals surface area contributed by atoms with Crippen LogP contribution in [0.25, 0.3) is 0 Å². The lowest BCUT2D eigenvalue weighted by Gasteiger charge is -2.36. The highest BCUT2D eigenvalue weighted by Gasteiger charge is 2.15. The van der Waals surface area contributed by atoms with Crippen LogP contribution in [0.1, 0.15) is 39.5 Å². The van der Waals surface area contributed by atoms with E-state index in [-0.39, 0.29) is 0 Å². The normalized spacial score (nSPS) is 20.2. The summed E-state index contributed by atoms with van der Waals surface area (Å²) in [5.74, 6) is 0. The van der Waals surface area contributed by atoms with Gasteiger partial charge < -0.3 is 0 Å². The highest BCUT2D eigenvalue weighted by molar-refractivity contribution is 4.62. The first-order valence-electron chi connectivity index (χ1n) is 5.38. The second-order valence-electron chi connectivity index (χ2n) is 3.56. The Balaban J connectivity index is 2.29.